The molecule has 4 heterocycles. The summed E-state index contributed by atoms with van der Waals surface area (Å²) >= 11 is 0. The maximum atomic E-state index is 11.3. The van der Waals surface area contributed by atoms with E-state index in [1.165, 1.54) is 11.1 Å². The zero-order chi connectivity index (χ0) is 87.5. The quantitative estimate of drug-likeness (QED) is 0.0592. The van der Waals surface area contributed by atoms with Crippen LogP contribution >= 0.6 is 0 Å². The number of fused-ring (bicyclic) bond motifs is 11. The number of nitrogens with zero attached hydrogens (tertiary/aromatic N) is 4. The molecule has 0 amide bonds. The summed E-state index contributed by atoms with van der Waals surface area (Å²) in [7, 11) is -6.17. The number of hydrogen-bond donors (Lipinski definition) is 0. The number of rotatable bonds is 10. The summed E-state index contributed by atoms with van der Waals surface area (Å²) in [6, 6.07) is 39.3. The van der Waals surface area contributed by atoms with Crippen molar-refractivity contribution in [2.24, 2.45) is 0 Å². The molecule has 5 nitrogen and oxygen atoms in total. The molecule has 0 bridgehead atoms. The van der Waals surface area contributed by atoms with Gasteiger partial charge in [0.1, 0.15) is 17.3 Å². The van der Waals surface area contributed by atoms with Gasteiger partial charge >= 0.3 is 0 Å². The zero-order valence-corrected chi connectivity index (χ0v) is 61.9. The smallest absolute Gasteiger partial charge is 0.269 e. The minimum Gasteiger partial charge on any atom is -0.458 e. The summed E-state index contributed by atoms with van der Waals surface area (Å²) in [5.74, 6) is 1.65. The Morgan fingerprint density at radius 1 is 0.433 bits per heavy atom. The van der Waals surface area contributed by atoms with Gasteiger partial charge in [-0.2, -0.15) is 0 Å². The van der Waals surface area contributed by atoms with Crippen LogP contribution in [-0.4, -0.2) is 22.2 Å². The van der Waals surface area contributed by atoms with Gasteiger partial charge in [-0.05, 0) is 205 Å². The lowest BCUT2D eigenvalue weighted by atomic mass is 9.62. The van der Waals surface area contributed by atoms with Crippen molar-refractivity contribution in [3.8, 4) is 84.3 Å². The molecule has 0 fully saturated rings. The lowest BCUT2D eigenvalue weighted by Crippen LogP contribution is -2.74. The van der Waals surface area contributed by atoms with Gasteiger partial charge in [0.15, 0.2) is 8.07 Å². The van der Waals surface area contributed by atoms with Crippen molar-refractivity contribution >= 4 is 61.7 Å². The molecule has 0 radical (unpaired) electrons. The van der Waals surface area contributed by atoms with E-state index in [-0.39, 0.29) is 32.6 Å². The highest BCUT2D eigenvalue weighted by Gasteiger charge is 2.43. The van der Waals surface area contributed by atoms with Crippen LogP contribution in [0.15, 0.2) is 285 Å². The molecule has 0 saturated carbocycles. The van der Waals surface area contributed by atoms with E-state index in [0.29, 0.717) is 39.3 Å². The Bertz CT molecular complexity index is 6900. The number of benzene rings is 12. The topological polar surface area (TPSA) is 35.9 Å². The van der Waals surface area contributed by atoms with Gasteiger partial charge in [0.2, 0.25) is 0 Å². The van der Waals surface area contributed by atoms with E-state index >= 15 is 0 Å². The van der Waals surface area contributed by atoms with E-state index in [9.17, 15) is 20.6 Å². The van der Waals surface area contributed by atoms with Crippen LogP contribution in [0.5, 0.6) is 11.5 Å². The van der Waals surface area contributed by atoms with Gasteiger partial charge in [-0.3, -0.25) is 13.7 Å². The number of imidazole rings is 1. The molecule has 1 aliphatic carbocycles. The van der Waals surface area contributed by atoms with Crippen molar-refractivity contribution in [3.63, 3.8) is 0 Å². The van der Waals surface area contributed by atoms with Crippen molar-refractivity contribution in [2.45, 2.75) is 130 Å². The largest absolute Gasteiger partial charge is 0.458 e. The SMILES string of the molecule is [2H]c1cc([2H])c([Si](c2c([2H])c([2H])c([2H])c([2H])c2[2H])(c2c([2H])c([2H])c([2H])c([2H])c2[2H])c2c([2H])c([2H])c([2H])c(-c3cc4c5c(c3)n(-c3cccc(Oc6ccc7c8ccccc8n(-c8cc(C(C)(C)C)ccn8)c7c6)c3)[c-][n+]5-c3c(-c5cc(C(C)(C)C)cc(C(C)(C)C)c5)cccc3-c3cc5c(cc3-c3ccccc3-4)C(C)(C)CCC5(C)C)c2[2H])c([2H])c1[2H]. The fourth-order valence-corrected chi connectivity index (χ4v) is 19.3. The molecule has 0 spiro atoms. The van der Waals surface area contributed by atoms with E-state index in [2.05, 4.69) is 184 Å². The maximum absolute atomic E-state index is 11.3. The third-order valence-corrected chi connectivity index (χ3v) is 25.6. The average molecular weight is 1390 g/mol. The molecule has 2 aliphatic rings. The Balaban J connectivity index is 1.04. The van der Waals surface area contributed by atoms with Gasteiger partial charge in [-0.25, -0.2) is 4.98 Å². The summed E-state index contributed by atoms with van der Waals surface area (Å²) in [5.41, 5.74) is 14.3. The summed E-state index contributed by atoms with van der Waals surface area (Å²) in [5, 5.41) is -1.29. The summed E-state index contributed by atoms with van der Waals surface area (Å²) in [6.07, 6.45) is 7.64. The average Bonchev–Trinajstić information content (AvgIpc) is 0.820. The van der Waals surface area contributed by atoms with Crippen molar-refractivity contribution in [2.75, 3.05) is 0 Å². The molecule has 17 rings (SSSR count). The van der Waals surface area contributed by atoms with Gasteiger partial charge in [0.05, 0.1) is 58.1 Å². The second-order valence-electron chi connectivity index (χ2n) is 32.3. The van der Waals surface area contributed by atoms with Crippen molar-refractivity contribution in [1.82, 2.24) is 14.1 Å². The second-order valence-corrected chi connectivity index (χ2v) is 35.8. The minimum absolute atomic E-state index is 0.0319. The van der Waals surface area contributed by atoms with Crippen LogP contribution in [0.3, 0.4) is 0 Å². The third-order valence-electron chi connectivity index (χ3n) is 21.5. The molecule has 0 unspecified atom stereocenters. The molecule has 512 valence electrons. The number of ether oxygens (including phenoxy) is 1. The summed E-state index contributed by atoms with van der Waals surface area (Å²) in [6.45, 7) is 29.0. The van der Waals surface area contributed by atoms with Crippen LogP contribution in [0, 0.1) is 6.33 Å². The predicted molar refractivity (Wildman–Crippen MR) is 438 cm³/mol. The van der Waals surface area contributed by atoms with E-state index in [1.54, 1.807) is 12.1 Å². The van der Waals surface area contributed by atoms with Crippen molar-refractivity contribution in [1.29, 1.82) is 0 Å². The first-order chi connectivity index (χ1) is 57.4. The molecule has 12 aromatic carbocycles. The number of para-hydroxylation sites is 2. The van der Waals surface area contributed by atoms with E-state index < -0.39 is 143 Å². The lowest BCUT2D eigenvalue weighted by Gasteiger charge is -2.42. The van der Waals surface area contributed by atoms with Crippen LogP contribution in [-0.2, 0) is 27.1 Å². The van der Waals surface area contributed by atoms with Crippen LogP contribution in [0.4, 0.5) is 0 Å². The van der Waals surface area contributed by atoms with Gasteiger partial charge in [0.25, 0.3) is 6.33 Å². The lowest BCUT2D eigenvalue weighted by molar-refractivity contribution is -0.570. The molecular formula is C98H90N4OSi. The molecule has 0 saturated heterocycles. The van der Waals surface area contributed by atoms with Gasteiger partial charge < -0.3 is 4.74 Å². The Kier molecular flexibility index (Phi) is 11.6. The summed E-state index contributed by atoms with van der Waals surface area (Å²) < 4.78 is 189. The Labute approximate surface area is 640 Å². The van der Waals surface area contributed by atoms with E-state index in [1.807, 2.05) is 83.6 Å². The van der Waals surface area contributed by atoms with Gasteiger partial charge in [0, 0.05) is 23.0 Å². The fraction of sp³-hybridized carbons (Fsp3) is 0.204. The highest BCUT2D eigenvalue weighted by atomic mass is 28.3. The first kappa shape index (κ1) is 48.9. The van der Waals surface area contributed by atoms with Crippen LogP contribution < -0.4 is 30.1 Å². The first-order valence-corrected chi connectivity index (χ1v) is 37.6. The number of pyridine rings is 1. The van der Waals surface area contributed by atoms with Crippen LogP contribution in [0.1, 0.15) is 155 Å². The predicted octanol–water partition coefficient (Wildman–Crippen LogP) is 22.3. The Morgan fingerprint density at radius 3 is 1.69 bits per heavy atom. The Hall–Kier alpha value is -10.9. The van der Waals surface area contributed by atoms with Crippen LogP contribution in [0.2, 0.25) is 0 Å². The molecule has 3 aromatic heterocycles. The monoisotopic (exact) mass is 1380 g/mol. The molecule has 104 heavy (non-hydrogen) atoms. The minimum atomic E-state index is -6.17. The standard InChI is InChI=1S/C98H90N4OSi/c1-94(2,3)67-48-51-99-91(58-67)102-88-45-26-25-42-80(88)81-47-46-72(60-89(81)102)103-71-32-28-31-70(59-71)100-63-101-92-77(66-52-68(95(4,5)6)57-69(53-66)96(7,8)9)43-29-44-82(92)84-62-87-86(97(10,11)49-50-98(87,12)13)61-83(84)78-40-23-24-41-79(78)85-55-65(56-90(100)93(85)101)64-30-27-39-76(54-64)104(73-33-17-14-18-34-73,74-35-19-15-20-36-74)75-37-21-16-22-38-75/h14-48,51-62H,49-50H2,1-13H3/i14D,15D,16D,17D,18D,19D,20D,21D,27D,30D,33D,34D,35D,36D,37D,38D,39D,54D. The van der Waals surface area contributed by atoms with Crippen LogP contribution in [0.25, 0.3) is 106 Å². The zero-order valence-electron chi connectivity index (χ0n) is 78.9. The third kappa shape index (κ3) is 11.2. The molecule has 6 heteroatoms. The highest BCUT2D eigenvalue weighted by Crippen LogP contribution is 2.53. The first-order valence-electron chi connectivity index (χ1n) is 44.6. The Morgan fingerprint density at radius 2 is 1.01 bits per heavy atom. The normalized spacial score (nSPS) is 16.5. The number of hydrogen-bond acceptors (Lipinski definition) is 2. The molecular weight excluding hydrogens is 1280 g/mol. The number of aromatic nitrogens is 4. The van der Waals surface area contributed by atoms with Crippen molar-refractivity contribution in [3.05, 3.63) is 319 Å². The molecule has 15 aromatic rings. The highest BCUT2D eigenvalue weighted by molar-refractivity contribution is 7.20. The fourth-order valence-electron chi connectivity index (χ4n) is 15.7. The van der Waals surface area contributed by atoms with E-state index in [0.717, 1.165) is 102 Å². The molecule has 0 atom stereocenters. The molecule has 0 N–H and O–H groups in total. The second kappa shape index (κ2) is 24.6. The van der Waals surface area contributed by atoms with Gasteiger partial charge in [-0.15, -0.1) is 0 Å². The molecule has 1 aliphatic heterocycles. The van der Waals surface area contributed by atoms with Gasteiger partial charge in [-0.1, -0.05) is 302 Å². The maximum Gasteiger partial charge on any atom is 0.269 e. The van der Waals surface area contributed by atoms with Crippen molar-refractivity contribution < 1.29 is 34.0 Å². The van der Waals surface area contributed by atoms with E-state index in [4.69, 9.17) is 13.8 Å². The summed E-state index contributed by atoms with van der Waals surface area (Å²) in [4.78, 5) is 4.96.